The van der Waals surface area contributed by atoms with Crippen molar-refractivity contribution in [2.75, 3.05) is 0 Å². The Hall–Kier alpha value is -1.56. The first kappa shape index (κ1) is 15.8. The summed E-state index contributed by atoms with van der Waals surface area (Å²) in [6, 6.07) is 4.91. The Balaban J connectivity index is 2.03. The van der Waals surface area contributed by atoms with Crippen molar-refractivity contribution in [1.29, 1.82) is 0 Å². The van der Waals surface area contributed by atoms with E-state index in [1.54, 1.807) is 19.1 Å². The number of rotatable bonds is 5. The van der Waals surface area contributed by atoms with Gasteiger partial charge >= 0.3 is 5.97 Å². The lowest BCUT2D eigenvalue weighted by Gasteiger charge is -2.19. The number of carbonyl (C=O) groups excluding carboxylic acids is 1. The maximum atomic E-state index is 12.1. The van der Waals surface area contributed by atoms with E-state index in [1.165, 1.54) is 6.07 Å². The highest BCUT2D eigenvalue weighted by atomic mass is 79.9. The van der Waals surface area contributed by atoms with Gasteiger partial charge in [-0.2, -0.15) is 0 Å². The monoisotopic (exact) mass is 355 g/mol. The van der Waals surface area contributed by atoms with Crippen molar-refractivity contribution < 1.29 is 19.4 Å². The lowest BCUT2D eigenvalue weighted by molar-refractivity contribution is -0.128. The number of aromatic carboxylic acids is 1. The van der Waals surface area contributed by atoms with Gasteiger partial charge in [0, 0.05) is 10.5 Å². The fourth-order valence-corrected chi connectivity index (χ4v) is 2.77. The first-order valence-corrected chi connectivity index (χ1v) is 7.76. The summed E-state index contributed by atoms with van der Waals surface area (Å²) in [5.41, 5.74) is 0.0323. The summed E-state index contributed by atoms with van der Waals surface area (Å²) in [4.78, 5) is 23.3. The number of nitrogens with one attached hydrogen (secondary N) is 1. The van der Waals surface area contributed by atoms with Gasteiger partial charge in [0.05, 0.1) is 0 Å². The molecule has 1 saturated carbocycles. The van der Waals surface area contributed by atoms with E-state index in [0.717, 1.165) is 25.7 Å². The number of benzene rings is 1. The second kappa shape index (κ2) is 6.93. The average molecular weight is 356 g/mol. The van der Waals surface area contributed by atoms with Crippen LogP contribution in [0.4, 0.5) is 0 Å². The summed E-state index contributed by atoms with van der Waals surface area (Å²) >= 11 is 3.22. The van der Waals surface area contributed by atoms with Gasteiger partial charge in [-0.05, 0) is 38.0 Å². The summed E-state index contributed by atoms with van der Waals surface area (Å²) < 4.78 is 6.17. The SMILES string of the molecule is CC(Oc1ccc(Br)cc1C(=O)O)C(=O)NC1CCCC1. The first-order valence-electron chi connectivity index (χ1n) is 6.97. The number of carboxylic acid groups (broad SMARTS) is 1. The Labute approximate surface area is 131 Å². The molecule has 1 aliphatic carbocycles. The number of hydrogen-bond donors (Lipinski definition) is 2. The lowest BCUT2D eigenvalue weighted by Crippen LogP contribution is -2.41. The number of hydrogen-bond acceptors (Lipinski definition) is 3. The molecule has 0 aromatic heterocycles. The molecule has 114 valence electrons. The molecule has 6 heteroatoms. The smallest absolute Gasteiger partial charge is 0.339 e. The van der Waals surface area contributed by atoms with Crippen molar-refractivity contribution >= 4 is 27.8 Å². The zero-order valence-electron chi connectivity index (χ0n) is 11.8. The van der Waals surface area contributed by atoms with Crippen molar-refractivity contribution in [2.24, 2.45) is 0 Å². The van der Waals surface area contributed by atoms with Crippen LogP contribution in [0.25, 0.3) is 0 Å². The minimum atomic E-state index is -1.09. The van der Waals surface area contributed by atoms with Crippen LogP contribution in [0.5, 0.6) is 5.75 Å². The normalized spacial score (nSPS) is 16.5. The van der Waals surface area contributed by atoms with Gasteiger partial charge in [-0.15, -0.1) is 0 Å². The highest BCUT2D eigenvalue weighted by Gasteiger charge is 2.23. The van der Waals surface area contributed by atoms with Gasteiger partial charge in [0.1, 0.15) is 11.3 Å². The third kappa shape index (κ3) is 4.20. The molecule has 1 aromatic rings. The van der Waals surface area contributed by atoms with E-state index < -0.39 is 12.1 Å². The quantitative estimate of drug-likeness (QED) is 0.851. The van der Waals surface area contributed by atoms with E-state index in [4.69, 9.17) is 4.74 Å². The Kier molecular flexibility index (Phi) is 5.22. The molecule has 2 rings (SSSR count). The highest BCUT2D eigenvalue weighted by molar-refractivity contribution is 9.10. The molecule has 1 amide bonds. The lowest BCUT2D eigenvalue weighted by atomic mass is 10.2. The molecule has 0 aliphatic heterocycles. The van der Waals surface area contributed by atoms with Crippen LogP contribution < -0.4 is 10.1 Å². The standard InChI is InChI=1S/C15H18BrNO4/c1-9(14(18)17-11-4-2-3-5-11)21-13-7-6-10(16)8-12(13)15(19)20/h6-9,11H,2-5H2,1H3,(H,17,18)(H,19,20). The number of carboxylic acids is 1. The third-order valence-electron chi connectivity index (χ3n) is 3.55. The van der Waals surface area contributed by atoms with E-state index in [0.29, 0.717) is 4.47 Å². The fraction of sp³-hybridized carbons (Fsp3) is 0.467. The maximum Gasteiger partial charge on any atom is 0.339 e. The predicted octanol–water partition coefficient (Wildman–Crippen LogP) is 2.97. The van der Waals surface area contributed by atoms with Crippen LogP contribution in [-0.4, -0.2) is 29.1 Å². The van der Waals surface area contributed by atoms with Crippen LogP contribution in [0.1, 0.15) is 43.0 Å². The van der Waals surface area contributed by atoms with Crippen molar-refractivity contribution in [1.82, 2.24) is 5.32 Å². The van der Waals surface area contributed by atoms with Crippen molar-refractivity contribution in [2.45, 2.75) is 44.8 Å². The second-order valence-corrected chi connectivity index (χ2v) is 6.11. The Morgan fingerprint density at radius 2 is 2.05 bits per heavy atom. The summed E-state index contributed by atoms with van der Waals surface area (Å²) in [7, 11) is 0. The first-order chi connectivity index (χ1) is 9.97. The maximum absolute atomic E-state index is 12.1. The predicted molar refractivity (Wildman–Crippen MR) is 81.6 cm³/mol. The molecular formula is C15H18BrNO4. The summed E-state index contributed by atoms with van der Waals surface area (Å²) in [6.07, 6.45) is 3.53. The van der Waals surface area contributed by atoms with Crippen LogP contribution in [0.3, 0.4) is 0 Å². The van der Waals surface area contributed by atoms with E-state index in [-0.39, 0.29) is 23.3 Å². The Morgan fingerprint density at radius 3 is 2.67 bits per heavy atom. The van der Waals surface area contributed by atoms with Crippen molar-refractivity contribution in [3.63, 3.8) is 0 Å². The molecule has 0 saturated heterocycles. The van der Waals surface area contributed by atoms with Gasteiger partial charge in [0.2, 0.25) is 0 Å². The molecule has 1 fully saturated rings. The molecule has 1 atom stereocenters. The van der Waals surface area contributed by atoms with E-state index in [9.17, 15) is 14.7 Å². The zero-order chi connectivity index (χ0) is 15.4. The molecule has 0 spiro atoms. The van der Waals surface area contributed by atoms with Crippen LogP contribution in [0, 0.1) is 0 Å². The molecule has 2 N–H and O–H groups in total. The number of ether oxygens (including phenoxy) is 1. The van der Waals surface area contributed by atoms with E-state index in [1.807, 2.05) is 0 Å². The Morgan fingerprint density at radius 1 is 1.38 bits per heavy atom. The summed E-state index contributed by atoms with van der Waals surface area (Å²) in [6.45, 7) is 1.62. The van der Waals surface area contributed by atoms with Crippen LogP contribution >= 0.6 is 15.9 Å². The summed E-state index contributed by atoms with van der Waals surface area (Å²) in [5.74, 6) is -1.10. The van der Waals surface area contributed by atoms with Gasteiger partial charge in [0.25, 0.3) is 5.91 Å². The van der Waals surface area contributed by atoms with Gasteiger partial charge in [-0.3, -0.25) is 4.79 Å². The average Bonchev–Trinajstić information content (AvgIpc) is 2.93. The number of carbonyl (C=O) groups is 2. The molecule has 0 heterocycles. The van der Waals surface area contributed by atoms with Crippen LogP contribution in [0.2, 0.25) is 0 Å². The second-order valence-electron chi connectivity index (χ2n) is 5.20. The molecule has 1 aliphatic rings. The minimum Gasteiger partial charge on any atom is -0.480 e. The van der Waals surface area contributed by atoms with Crippen molar-refractivity contribution in [3.8, 4) is 5.75 Å². The fourth-order valence-electron chi connectivity index (χ4n) is 2.40. The highest BCUT2D eigenvalue weighted by Crippen LogP contribution is 2.24. The topological polar surface area (TPSA) is 75.6 Å². The Bertz CT molecular complexity index is 540. The molecule has 0 bridgehead atoms. The molecule has 0 radical (unpaired) electrons. The molecular weight excluding hydrogens is 338 g/mol. The van der Waals surface area contributed by atoms with E-state index >= 15 is 0 Å². The third-order valence-corrected chi connectivity index (χ3v) is 4.04. The van der Waals surface area contributed by atoms with Gasteiger partial charge in [-0.25, -0.2) is 4.79 Å². The van der Waals surface area contributed by atoms with Crippen LogP contribution in [0.15, 0.2) is 22.7 Å². The van der Waals surface area contributed by atoms with Crippen LogP contribution in [-0.2, 0) is 4.79 Å². The molecule has 5 nitrogen and oxygen atoms in total. The van der Waals surface area contributed by atoms with Crippen molar-refractivity contribution in [3.05, 3.63) is 28.2 Å². The molecule has 21 heavy (non-hydrogen) atoms. The molecule has 1 aromatic carbocycles. The minimum absolute atomic E-state index is 0.0323. The zero-order valence-corrected chi connectivity index (χ0v) is 13.4. The number of amides is 1. The van der Waals surface area contributed by atoms with Gasteiger partial charge < -0.3 is 15.2 Å². The molecule has 1 unspecified atom stereocenters. The largest absolute Gasteiger partial charge is 0.480 e. The van der Waals surface area contributed by atoms with Gasteiger partial charge in [0.15, 0.2) is 6.10 Å². The van der Waals surface area contributed by atoms with Gasteiger partial charge in [-0.1, -0.05) is 28.8 Å². The van der Waals surface area contributed by atoms with E-state index in [2.05, 4.69) is 21.2 Å². The summed E-state index contributed by atoms with van der Waals surface area (Å²) in [5, 5.41) is 12.1. The number of halogens is 1.